The predicted octanol–water partition coefficient (Wildman–Crippen LogP) is 2.29. The van der Waals surface area contributed by atoms with Crippen molar-refractivity contribution >= 4 is 11.7 Å². The van der Waals surface area contributed by atoms with Crippen molar-refractivity contribution in [2.45, 2.75) is 25.1 Å². The molecule has 1 fully saturated rings. The number of rotatable bonds is 3. The van der Waals surface area contributed by atoms with Crippen molar-refractivity contribution in [2.75, 3.05) is 18.0 Å². The number of hydrogen-bond donors (Lipinski definition) is 1. The summed E-state index contributed by atoms with van der Waals surface area (Å²) < 4.78 is 38.3. The van der Waals surface area contributed by atoms with E-state index in [9.17, 15) is 18.0 Å². The van der Waals surface area contributed by atoms with Gasteiger partial charge in [0, 0.05) is 25.3 Å². The van der Waals surface area contributed by atoms with Gasteiger partial charge in [-0.1, -0.05) is 6.07 Å². The molecule has 1 saturated heterocycles. The third-order valence-corrected chi connectivity index (χ3v) is 3.99. The lowest BCUT2D eigenvalue weighted by Gasteiger charge is -2.33. The fourth-order valence-electron chi connectivity index (χ4n) is 2.69. The molecule has 25 heavy (non-hydrogen) atoms. The van der Waals surface area contributed by atoms with Crippen LogP contribution in [0.25, 0.3) is 0 Å². The fourth-order valence-corrected chi connectivity index (χ4v) is 2.69. The van der Waals surface area contributed by atoms with Crippen molar-refractivity contribution in [1.82, 2.24) is 20.3 Å². The van der Waals surface area contributed by atoms with E-state index in [1.165, 1.54) is 24.7 Å². The summed E-state index contributed by atoms with van der Waals surface area (Å²) in [6.45, 7) is 1.03. The Hall–Kier alpha value is -2.71. The summed E-state index contributed by atoms with van der Waals surface area (Å²) in [7, 11) is 0. The number of carbonyl (C=O) groups excluding carboxylic acids is 1. The average Bonchev–Trinajstić information content (AvgIpc) is 2.62. The first-order chi connectivity index (χ1) is 11.9. The highest BCUT2D eigenvalue weighted by Crippen LogP contribution is 2.29. The molecule has 0 aromatic carbocycles. The van der Waals surface area contributed by atoms with E-state index in [0.717, 1.165) is 6.07 Å². The maximum Gasteiger partial charge on any atom is 0.433 e. The van der Waals surface area contributed by atoms with Gasteiger partial charge in [0.05, 0.1) is 0 Å². The first-order valence-corrected chi connectivity index (χ1v) is 7.79. The summed E-state index contributed by atoms with van der Waals surface area (Å²) in [6, 6.07) is 5.35. The van der Waals surface area contributed by atoms with E-state index in [4.69, 9.17) is 0 Å². The molecule has 0 aliphatic carbocycles. The maximum absolute atomic E-state index is 12.8. The predicted molar refractivity (Wildman–Crippen MR) is 84.0 cm³/mol. The third-order valence-electron chi connectivity index (χ3n) is 3.99. The molecule has 1 aliphatic rings. The second kappa shape index (κ2) is 7.04. The summed E-state index contributed by atoms with van der Waals surface area (Å²) in [6.07, 6.45) is -0.427. The molecule has 0 unspecified atom stereocenters. The molecule has 2 aromatic rings. The van der Waals surface area contributed by atoms with Crippen LogP contribution in [0.5, 0.6) is 0 Å². The quantitative estimate of drug-likeness (QED) is 0.919. The van der Waals surface area contributed by atoms with Gasteiger partial charge in [0.1, 0.15) is 23.5 Å². The molecular weight excluding hydrogens is 335 g/mol. The van der Waals surface area contributed by atoms with Gasteiger partial charge in [0.2, 0.25) is 0 Å². The second-order valence-electron chi connectivity index (χ2n) is 5.71. The van der Waals surface area contributed by atoms with Crippen molar-refractivity contribution in [3.63, 3.8) is 0 Å². The Morgan fingerprint density at radius 3 is 2.60 bits per heavy atom. The molecule has 0 radical (unpaired) electrons. The van der Waals surface area contributed by atoms with Crippen molar-refractivity contribution < 1.29 is 18.0 Å². The maximum atomic E-state index is 12.8. The van der Waals surface area contributed by atoms with Crippen LogP contribution in [0.4, 0.5) is 19.0 Å². The summed E-state index contributed by atoms with van der Waals surface area (Å²) in [4.78, 5) is 25.2. The Kier molecular flexibility index (Phi) is 4.82. The van der Waals surface area contributed by atoms with Crippen molar-refractivity contribution in [2.24, 2.45) is 0 Å². The van der Waals surface area contributed by atoms with Gasteiger partial charge in [-0.15, -0.1) is 0 Å². The van der Waals surface area contributed by atoms with Crippen LogP contribution in [0, 0.1) is 0 Å². The van der Waals surface area contributed by atoms with Gasteiger partial charge in [-0.2, -0.15) is 13.2 Å². The van der Waals surface area contributed by atoms with Crippen LogP contribution in [0.15, 0.2) is 36.8 Å². The van der Waals surface area contributed by atoms with Gasteiger partial charge in [0.25, 0.3) is 5.91 Å². The van der Waals surface area contributed by atoms with Gasteiger partial charge in [-0.3, -0.25) is 4.79 Å². The summed E-state index contributed by atoms with van der Waals surface area (Å²) in [5.74, 6) is 0.0217. The number of nitrogens with one attached hydrogen (secondary N) is 1. The molecule has 9 heteroatoms. The number of carbonyl (C=O) groups is 1. The molecule has 6 nitrogen and oxygen atoms in total. The molecule has 0 spiro atoms. The van der Waals surface area contributed by atoms with Crippen LogP contribution < -0.4 is 10.2 Å². The van der Waals surface area contributed by atoms with Gasteiger partial charge < -0.3 is 10.2 Å². The first-order valence-electron chi connectivity index (χ1n) is 7.79. The topological polar surface area (TPSA) is 71.0 Å². The number of halogens is 3. The molecule has 2 aromatic heterocycles. The minimum atomic E-state index is -4.46. The zero-order valence-electron chi connectivity index (χ0n) is 13.2. The van der Waals surface area contributed by atoms with Crippen LogP contribution in [-0.4, -0.2) is 40.0 Å². The highest BCUT2D eigenvalue weighted by atomic mass is 19.4. The van der Waals surface area contributed by atoms with E-state index in [0.29, 0.717) is 31.7 Å². The number of pyridine rings is 1. The van der Waals surface area contributed by atoms with Gasteiger partial charge in [0.15, 0.2) is 0 Å². The van der Waals surface area contributed by atoms with Crippen LogP contribution >= 0.6 is 0 Å². The van der Waals surface area contributed by atoms with E-state index in [1.54, 1.807) is 11.0 Å². The fraction of sp³-hybridized carbons (Fsp3) is 0.375. The summed E-state index contributed by atoms with van der Waals surface area (Å²) in [5, 5.41) is 2.89. The van der Waals surface area contributed by atoms with Crippen molar-refractivity contribution in [3.8, 4) is 0 Å². The Morgan fingerprint density at radius 1 is 1.20 bits per heavy atom. The summed E-state index contributed by atoms with van der Waals surface area (Å²) >= 11 is 0. The second-order valence-corrected chi connectivity index (χ2v) is 5.71. The minimum absolute atomic E-state index is 0.0514. The van der Waals surface area contributed by atoms with Crippen LogP contribution in [0.2, 0.25) is 0 Å². The Balaban J connectivity index is 1.58. The van der Waals surface area contributed by atoms with Gasteiger partial charge >= 0.3 is 6.18 Å². The molecule has 0 bridgehead atoms. The standard InChI is InChI=1S/C16H16F3N5O/c17-16(18,19)13-2-1-3-14(23-13)24-8-5-11(6-9-24)22-15(25)12-4-7-20-10-21-12/h1-4,7,10-11H,5-6,8-9H2,(H,22,25). The number of aromatic nitrogens is 3. The monoisotopic (exact) mass is 351 g/mol. The molecule has 3 heterocycles. The molecule has 132 valence electrons. The van der Waals surface area contributed by atoms with E-state index in [1.807, 2.05) is 0 Å². The Labute approximate surface area is 142 Å². The van der Waals surface area contributed by atoms with Crippen LogP contribution in [0.3, 0.4) is 0 Å². The van der Waals surface area contributed by atoms with Gasteiger partial charge in [-0.25, -0.2) is 15.0 Å². The lowest BCUT2D eigenvalue weighted by Crippen LogP contribution is -2.45. The first kappa shape index (κ1) is 17.1. The lowest BCUT2D eigenvalue weighted by atomic mass is 10.0. The molecule has 1 aliphatic heterocycles. The molecular formula is C16H16F3N5O. The highest BCUT2D eigenvalue weighted by Gasteiger charge is 2.33. The van der Waals surface area contributed by atoms with Crippen LogP contribution in [-0.2, 0) is 6.18 Å². The number of amides is 1. The number of anilines is 1. The van der Waals surface area contributed by atoms with E-state index >= 15 is 0 Å². The Morgan fingerprint density at radius 2 is 1.96 bits per heavy atom. The minimum Gasteiger partial charge on any atom is -0.356 e. The van der Waals surface area contributed by atoms with Gasteiger partial charge in [-0.05, 0) is 31.0 Å². The van der Waals surface area contributed by atoms with Crippen molar-refractivity contribution in [1.29, 1.82) is 0 Å². The largest absolute Gasteiger partial charge is 0.433 e. The van der Waals surface area contributed by atoms with Crippen molar-refractivity contribution in [3.05, 3.63) is 48.2 Å². The number of piperidine rings is 1. The highest BCUT2D eigenvalue weighted by molar-refractivity contribution is 5.92. The smallest absolute Gasteiger partial charge is 0.356 e. The number of alkyl halides is 3. The zero-order chi connectivity index (χ0) is 17.9. The number of nitrogens with zero attached hydrogens (tertiary/aromatic N) is 4. The van der Waals surface area contributed by atoms with E-state index in [2.05, 4.69) is 20.3 Å². The normalized spacial score (nSPS) is 15.9. The SMILES string of the molecule is O=C(NC1CCN(c2cccc(C(F)(F)F)n2)CC1)c1ccncn1. The van der Waals surface area contributed by atoms with Crippen LogP contribution in [0.1, 0.15) is 29.0 Å². The molecule has 0 atom stereocenters. The average molecular weight is 351 g/mol. The molecule has 0 saturated carbocycles. The summed E-state index contributed by atoms with van der Waals surface area (Å²) in [5.41, 5.74) is -0.610. The number of hydrogen-bond acceptors (Lipinski definition) is 5. The zero-order valence-corrected chi connectivity index (χ0v) is 13.2. The molecule has 3 rings (SSSR count). The molecule has 1 N–H and O–H groups in total. The van der Waals surface area contributed by atoms with E-state index < -0.39 is 11.9 Å². The lowest BCUT2D eigenvalue weighted by molar-refractivity contribution is -0.141. The molecule has 1 amide bonds. The Bertz CT molecular complexity index is 730. The third kappa shape index (κ3) is 4.23. The van der Waals surface area contributed by atoms with E-state index in [-0.39, 0.29) is 17.6 Å².